The fourth-order valence-electron chi connectivity index (χ4n) is 2.39. The van der Waals surface area contributed by atoms with Gasteiger partial charge in [0.1, 0.15) is 5.41 Å². The number of hydrogen-bond acceptors (Lipinski definition) is 5. The maximum absolute atomic E-state index is 12.2. The lowest BCUT2D eigenvalue weighted by atomic mass is 9.68. The van der Waals surface area contributed by atoms with E-state index in [1.807, 2.05) is 13.1 Å². The zero-order valence-electron chi connectivity index (χ0n) is 10.2. The first kappa shape index (κ1) is 11.1. The molecule has 0 N–H and O–H groups in total. The van der Waals surface area contributed by atoms with E-state index in [0.29, 0.717) is 18.2 Å². The summed E-state index contributed by atoms with van der Waals surface area (Å²) in [7, 11) is 0. The van der Waals surface area contributed by atoms with Gasteiger partial charge in [-0.15, -0.1) is 10.2 Å². The quantitative estimate of drug-likeness (QED) is 0.759. The van der Waals surface area contributed by atoms with Gasteiger partial charge in [0.25, 0.3) is 5.78 Å². The zero-order valence-corrected chi connectivity index (χ0v) is 10.2. The van der Waals surface area contributed by atoms with Gasteiger partial charge in [0.15, 0.2) is 5.82 Å². The molecule has 0 atom stereocenters. The van der Waals surface area contributed by atoms with E-state index >= 15 is 0 Å². The van der Waals surface area contributed by atoms with Crippen molar-refractivity contribution in [1.29, 1.82) is 0 Å². The van der Waals surface area contributed by atoms with Gasteiger partial charge in [0.05, 0.1) is 6.61 Å². The van der Waals surface area contributed by atoms with E-state index in [9.17, 15) is 4.79 Å². The lowest BCUT2D eigenvalue weighted by Crippen LogP contribution is -2.45. The first-order chi connectivity index (χ1) is 8.78. The molecule has 18 heavy (non-hydrogen) atoms. The summed E-state index contributed by atoms with van der Waals surface area (Å²) in [5.74, 6) is 0.966. The fraction of sp³-hybridized carbons (Fsp3) is 0.500. The average Bonchev–Trinajstić information content (AvgIpc) is 2.73. The Morgan fingerprint density at radius 2 is 2.33 bits per heavy atom. The maximum atomic E-state index is 12.2. The lowest BCUT2D eigenvalue weighted by molar-refractivity contribution is -0.154. The van der Waals surface area contributed by atoms with Crippen LogP contribution in [0.15, 0.2) is 18.5 Å². The van der Waals surface area contributed by atoms with Crippen LogP contribution in [0, 0.1) is 0 Å². The van der Waals surface area contributed by atoms with Crippen molar-refractivity contribution in [1.82, 2.24) is 19.6 Å². The van der Waals surface area contributed by atoms with Crippen LogP contribution in [-0.2, 0) is 14.9 Å². The second-order valence-corrected chi connectivity index (χ2v) is 4.47. The Hall–Kier alpha value is -1.98. The highest BCUT2D eigenvalue weighted by Gasteiger charge is 2.50. The van der Waals surface area contributed by atoms with Crippen molar-refractivity contribution in [2.45, 2.75) is 31.6 Å². The standard InChI is InChI=1S/C12H14N4O2/c1-2-18-10(17)12(5-3-6-12)9-14-15-11-13-7-4-8-16(9)11/h4,7-8H,2-3,5-6H2,1H3. The summed E-state index contributed by atoms with van der Waals surface area (Å²) in [5.41, 5.74) is -0.627. The van der Waals surface area contributed by atoms with E-state index < -0.39 is 5.41 Å². The van der Waals surface area contributed by atoms with E-state index in [0.717, 1.165) is 19.3 Å². The topological polar surface area (TPSA) is 69.4 Å². The highest BCUT2D eigenvalue weighted by Crippen LogP contribution is 2.43. The predicted octanol–water partition coefficient (Wildman–Crippen LogP) is 1.11. The van der Waals surface area contributed by atoms with Crippen molar-refractivity contribution in [3.8, 4) is 0 Å². The van der Waals surface area contributed by atoms with Gasteiger partial charge in [-0.2, -0.15) is 0 Å². The molecular formula is C12H14N4O2. The Kier molecular flexibility index (Phi) is 2.50. The number of nitrogens with zero attached hydrogens (tertiary/aromatic N) is 4. The van der Waals surface area contributed by atoms with Gasteiger partial charge in [-0.3, -0.25) is 9.20 Å². The lowest BCUT2D eigenvalue weighted by Gasteiger charge is -2.37. The number of fused-ring (bicyclic) bond motifs is 1. The highest BCUT2D eigenvalue weighted by atomic mass is 16.5. The molecule has 1 aliphatic carbocycles. The monoisotopic (exact) mass is 246 g/mol. The molecule has 0 unspecified atom stereocenters. The van der Waals surface area contributed by atoms with Crippen molar-refractivity contribution >= 4 is 11.7 Å². The first-order valence-corrected chi connectivity index (χ1v) is 6.11. The van der Waals surface area contributed by atoms with Crippen LogP contribution >= 0.6 is 0 Å². The third-order valence-electron chi connectivity index (χ3n) is 3.49. The third-order valence-corrected chi connectivity index (χ3v) is 3.49. The molecule has 1 fully saturated rings. The Balaban J connectivity index is 2.09. The van der Waals surface area contributed by atoms with E-state index in [1.54, 1.807) is 16.7 Å². The smallest absolute Gasteiger partial charge is 0.319 e. The van der Waals surface area contributed by atoms with Crippen LogP contribution in [0.25, 0.3) is 5.78 Å². The molecule has 1 saturated carbocycles. The van der Waals surface area contributed by atoms with E-state index in [1.165, 1.54) is 0 Å². The molecule has 0 amide bonds. The molecule has 6 nitrogen and oxygen atoms in total. The molecule has 2 aromatic rings. The van der Waals surface area contributed by atoms with Crippen LogP contribution in [-0.4, -0.2) is 32.2 Å². The number of carbonyl (C=O) groups is 1. The maximum Gasteiger partial charge on any atom is 0.319 e. The van der Waals surface area contributed by atoms with Crippen LogP contribution in [0.4, 0.5) is 0 Å². The summed E-state index contributed by atoms with van der Waals surface area (Å²) in [6.07, 6.45) is 6.03. The van der Waals surface area contributed by atoms with Gasteiger partial charge >= 0.3 is 5.97 Å². The number of hydrogen-bond donors (Lipinski definition) is 0. The van der Waals surface area contributed by atoms with Crippen molar-refractivity contribution in [3.05, 3.63) is 24.3 Å². The zero-order chi connectivity index (χ0) is 12.6. The summed E-state index contributed by atoms with van der Waals surface area (Å²) >= 11 is 0. The normalized spacial score (nSPS) is 17.4. The van der Waals surface area contributed by atoms with Crippen molar-refractivity contribution in [2.24, 2.45) is 0 Å². The largest absolute Gasteiger partial charge is 0.465 e. The SMILES string of the molecule is CCOC(=O)C1(c2nnc3ncccn23)CCC1. The highest BCUT2D eigenvalue weighted by molar-refractivity contribution is 5.83. The minimum Gasteiger partial charge on any atom is -0.465 e. The van der Waals surface area contributed by atoms with Crippen LogP contribution in [0.1, 0.15) is 32.0 Å². The molecule has 3 rings (SSSR count). The van der Waals surface area contributed by atoms with Gasteiger partial charge in [0, 0.05) is 12.4 Å². The van der Waals surface area contributed by atoms with Gasteiger partial charge in [0.2, 0.25) is 0 Å². The Labute approximate surface area is 104 Å². The molecule has 0 radical (unpaired) electrons. The van der Waals surface area contributed by atoms with E-state index in [4.69, 9.17) is 4.74 Å². The number of aromatic nitrogens is 4. The van der Waals surface area contributed by atoms with Gasteiger partial charge in [-0.05, 0) is 25.8 Å². The average molecular weight is 246 g/mol. The van der Waals surface area contributed by atoms with Gasteiger partial charge in [-0.25, -0.2) is 4.98 Å². The molecule has 6 heteroatoms. The minimum atomic E-state index is -0.627. The Bertz CT molecular complexity index is 589. The summed E-state index contributed by atoms with van der Waals surface area (Å²) in [6.45, 7) is 2.20. The molecule has 0 aromatic carbocycles. The summed E-state index contributed by atoms with van der Waals surface area (Å²) in [5, 5.41) is 8.15. The summed E-state index contributed by atoms with van der Waals surface area (Å²) < 4.78 is 6.96. The second-order valence-electron chi connectivity index (χ2n) is 4.47. The Morgan fingerprint density at radius 3 is 3.00 bits per heavy atom. The Morgan fingerprint density at radius 1 is 1.50 bits per heavy atom. The van der Waals surface area contributed by atoms with Crippen molar-refractivity contribution in [3.63, 3.8) is 0 Å². The summed E-state index contributed by atoms with van der Waals surface area (Å²) in [6, 6.07) is 1.80. The number of carbonyl (C=O) groups excluding carboxylic acids is 1. The number of rotatable bonds is 3. The van der Waals surface area contributed by atoms with Crippen LogP contribution in [0.2, 0.25) is 0 Å². The molecule has 0 spiro atoms. The van der Waals surface area contributed by atoms with Crippen LogP contribution < -0.4 is 0 Å². The van der Waals surface area contributed by atoms with Gasteiger partial charge in [-0.1, -0.05) is 6.42 Å². The predicted molar refractivity (Wildman–Crippen MR) is 62.9 cm³/mol. The van der Waals surface area contributed by atoms with Crippen molar-refractivity contribution in [2.75, 3.05) is 6.61 Å². The van der Waals surface area contributed by atoms with Crippen LogP contribution in [0.3, 0.4) is 0 Å². The molecule has 2 aromatic heterocycles. The number of ether oxygens (including phenoxy) is 1. The third kappa shape index (κ3) is 1.41. The molecule has 94 valence electrons. The van der Waals surface area contributed by atoms with E-state index in [2.05, 4.69) is 15.2 Å². The second kappa shape index (κ2) is 4.04. The molecule has 0 saturated heterocycles. The first-order valence-electron chi connectivity index (χ1n) is 6.11. The molecule has 0 aliphatic heterocycles. The molecule has 2 heterocycles. The van der Waals surface area contributed by atoms with Crippen LogP contribution in [0.5, 0.6) is 0 Å². The fourth-order valence-corrected chi connectivity index (χ4v) is 2.39. The van der Waals surface area contributed by atoms with E-state index in [-0.39, 0.29) is 5.97 Å². The van der Waals surface area contributed by atoms with Gasteiger partial charge < -0.3 is 4.74 Å². The number of esters is 1. The summed E-state index contributed by atoms with van der Waals surface area (Å²) in [4.78, 5) is 16.3. The van der Waals surface area contributed by atoms with Crippen molar-refractivity contribution < 1.29 is 9.53 Å². The molecule has 0 bridgehead atoms. The molecular weight excluding hydrogens is 232 g/mol. The molecule has 1 aliphatic rings. The minimum absolute atomic E-state index is 0.200.